The Labute approximate surface area is 332 Å². The lowest BCUT2D eigenvalue weighted by molar-refractivity contribution is 0.660. The summed E-state index contributed by atoms with van der Waals surface area (Å²) in [7, 11) is 0. The smallest absolute Gasteiger partial charge is 0.161 e. The minimum absolute atomic E-state index is 0.0474. The largest absolute Gasteiger partial charge is 0.228 e. The van der Waals surface area contributed by atoms with E-state index in [-0.39, 0.29) is 5.41 Å². The van der Waals surface area contributed by atoms with E-state index in [1.165, 1.54) is 66.1 Å². The first-order valence-electron chi connectivity index (χ1n) is 19.7. The maximum Gasteiger partial charge on any atom is 0.161 e. The highest BCUT2D eigenvalue weighted by Crippen LogP contribution is 2.52. The highest BCUT2D eigenvalue weighted by atomic mass is 14.9. The second kappa shape index (κ2) is 13.0. The molecule has 0 saturated heterocycles. The second-order valence-corrected chi connectivity index (χ2v) is 15.7. The van der Waals surface area contributed by atoms with Gasteiger partial charge < -0.3 is 0 Å². The summed E-state index contributed by atoms with van der Waals surface area (Å²) in [6, 6.07) is 70.2. The number of nitrogens with zero attached hydrogens (tertiary/aromatic N) is 2. The highest BCUT2D eigenvalue weighted by Gasteiger charge is 2.36. The SMILES string of the molecule is CC1(C)c2ccccc2-c2c(-c3cccc(-c4ccc(-c5cc(-c6ccc7ccccc7c6)nc(-c6cccc7ccccc67)n5)c5ccccc45)c3)cccc21. The third kappa shape index (κ3) is 5.40. The Kier molecular flexibility index (Phi) is 7.55. The molecule has 0 amide bonds. The van der Waals surface area contributed by atoms with Gasteiger partial charge in [-0.1, -0.05) is 190 Å². The topological polar surface area (TPSA) is 25.8 Å². The molecular formula is C55H38N2. The summed E-state index contributed by atoms with van der Waals surface area (Å²) in [6.07, 6.45) is 0. The third-order valence-corrected chi connectivity index (χ3v) is 12.1. The van der Waals surface area contributed by atoms with Gasteiger partial charge in [0.05, 0.1) is 11.4 Å². The molecule has 2 nitrogen and oxygen atoms in total. The summed E-state index contributed by atoms with van der Waals surface area (Å²) in [5, 5.41) is 7.05. The number of aromatic nitrogens is 2. The summed E-state index contributed by atoms with van der Waals surface area (Å²) in [5.74, 6) is 0.716. The molecule has 0 bridgehead atoms. The molecule has 0 saturated carbocycles. The molecule has 0 atom stereocenters. The van der Waals surface area contributed by atoms with Crippen LogP contribution in [0.3, 0.4) is 0 Å². The van der Waals surface area contributed by atoms with Crippen molar-refractivity contribution in [2.24, 2.45) is 0 Å². The van der Waals surface area contributed by atoms with Crippen LogP contribution in [0.2, 0.25) is 0 Å². The third-order valence-electron chi connectivity index (χ3n) is 12.1. The maximum atomic E-state index is 5.37. The molecule has 1 aromatic heterocycles. The van der Waals surface area contributed by atoms with Gasteiger partial charge in [-0.05, 0) is 95.0 Å². The first-order valence-corrected chi connectivity index (χ1v) is 19.7. The first kappa shape index (κ1) is 33.2. The Balaban J connectivity index is 1.08. The molecule has 9 aromatic carbocycles. The molecule has 0 unspecified atom stereocenters. The fraction of sp³-hybridized carbons (Fsp3) is 0.0545. The molecule has 0 fully saturated rings. The van der Waals surface area contributed by atoms with E-state index in [4.69, 9.17) is 9.97 Å². The van der Waals surface area contributed by atoms with Gasteiger partial charge in [0.2, 0.25) is 0 Å². The fourth-order valence-electron chi connectivity index (χ4n) is 9.25. The van der Waals surface area contributed by atoms with Crippen molar-refractivity contribution >= 4 is 32.3 Å². The molecule has 1 aliphatic rings. The van der Waals surface area contributed by atoms with Crippen molar-refractivity contribution in [3.8, 4) is 67.3 Å². The van der Waals surface area contributed by atoms with Crippen molar-refractivity contribution in [3.05, 3.63) is 205 Å². The lowest BCUT2D eigenvalue weighted by Crippen LogP contribution is -2.14. The van der Waals surface area contributed by atoms with Crippen LogP contribution in [0, 0.1) is 0 Å². The predicted molar refractivity (Wildman–Crippen MR) is 239 cm³/mol. The minimum Gasteiger partial charge on any atom is -0.228 e. The van der Waals surface area contributed by atoms with Crippen molar-refractivity contribution in [2.45, 2.75) is 19.3 Å². The molecule has 2 heteroatoms. The van der Waals surface area contributed by atoms with Gasteiger partial charge >= 0.3 is 0 Å². The molecule has 0 aliphatic heterocycles. The van der Waals surface area contributed by atoms with Gasteiger partial charge in [0.15, 0.2) is 5.82 Å². The van der Waals surface area contributed by atoms with Crippen LogP contribution < -0.4 is 0 Å². The van der Waals surface area contributed by atoms with Gasteiger partial charge in [0.25, 0.3) is 0 Å². The van der Waals surface area contributed by atoms with Crippen molar-refractivity contribution in [2.75, 3.05) is 0 Å². The van der Waals surface area contributed by atoms with Crippen LogP contribution in [0.25, 0.3) is 99.6 Å². The van der Waals surface area contributed by atoms with Crippen LogP contribution >= 0.6 is 0 Å². The normalized spacial score (nSPS) is 12.9. The van der Waals surface area contributed by atoms with E-state index in [0.717, 1.165) is 38.9 Å². The van der Waals surface area contributed by atoms with Gasteiger partial charge in [-0.3, -0.25) is 0 Å². The Morgan fingerprint density at radius 1 is 0.333 bits per heavy atom. The monoisotopic (exact) mass is 726 g/mol. The number of benzene rings is 9. The van der Waals surface area contributed by atoms with Crippen LogP contribution in [0.4, 0.5) is 0 Å². The average Bonchev–Trinajstić information content (AvgIpc) is 3.51. The lowest BCUT2D eigenvalue weighted by atomic mass is 9.82. The van der Waals surface area contributed by atoms with E-state index >= 15 is 0 Å². The molecule has 1 aliphatic carbocycles. The van der Waals surface area contributed by atoms with Crippen LogP contribution in [0.1, 0.15) is 25.0 Å². The van der Waals surface area contributed by atoms with E-state index < -0.39 is 0 Å². The van der Waals surface area contributed by atoms with Gasteiger partial charge in [-0.25, -0.2) is 9.97 Å². The molecule has 268 valence electrons. The van der Waals surface area contributed by atoms with E-state index in [9.17, 15) is 0 Å². The molecule has 11 rings (SSSR count). The predicted octanol–water partition coefficient (Wildman–Crippen LogP) is 14.6. The van der Waals surface area contributed by atoms with E-state index in [0.29, 0.717) is 5.82 Å². The number of hydrogen-bond acceptors (Lipinski definition) is 2. The van der Waals surface area contributed by atoms with Gasteiger partial charge in [0.1, 0.15) is 0 Å². The summed E-state index contributed by atoms with van der Waals surface area (Å²) in [4.78, 5) is 10.6. The second-order valence-electron chi connectivity index (χ2n) is 15.7. The number of rotatable bonds is 5. The number of fused-ring (bicyclic) bond motifs is 6. The van der Waals surface area contributed by atoms with Crippen LogP contribution in [-0.2, 0) is 5.41 Å². The van der Waals surface area contributed by atoms with Crippen LogP contribution in [-0.4, -0.2) is 9.97 Å². The standard InChI is InChI=1S/C55H38N2/c1-55(2)49-26-10-9-23-48(49)53-43(24-13-27-50(53)55)39-19-11-18-38(33-39)42-30-31-46(45-22-8-7-21-44(42)45)52-34-51(40-29-28-35-14-3-4-16-37(35)32-40)56-54(57-52)47-25-12-17-36-15-5-6-20-41(36)47/h3-34H,1-2H3. The van der Waals surface area contributed by atoms with Crippen molar-refractivity contribution in [1.29, 1.82) is 0 Å². The zero-order chi connectivity index (χ0) is 38.1. The molecule has 0 radical (unpaired) electrons. The molecule has 1 heterocycles. The first-order chi connectivity index (χ1) is 28.0. The minimum atomic E-state index is -0.0474. The van der Waals surface area contributed by atoms with Crippen LogP contribution in [0.15, 0.2) is 194 Å². The Bertz CT molecular complexity index is 3220. The molecule has 0 spiro atoms. The van der Waals surface area contributed by atoms with Crippen molar-refractivity contribution in [3.63, 3.8) is 0 Å². The summed E-state index contributed by atoms with van der Waals surface area (Å²) in [5.41, 5.74) is 15.3. The van der Waals surface area contributed by atoms with E-state index in [1.807, 2.05) is 0 Å². The van der Waals surface area contributed by atoms with Gasteiger partial charge in [-0.2, -0.15) is 0 Å². The summed E-state index contributed by atoms with van der Waals surface area (Å²) in [6.45, 7) is 4.69. The van der Waals surface area contributed by atoms with E-state index in [2.05, 4.69) is 208 Å². The fourth-order valence-corrected chi connectivity index (χ4v) is 9.25. The summed E-state index contributed by atoms with van der Waals surface area (Å²) >= 11 is 0. The van der Waals surface area contributed by atoms with Crippen molar-refractivity contribution in [1.82, 2.24) is 9.97 Å². The molecule has 0 N–H and O–H groups in total. The Morgan fingerprint density at radius 3 is 1.77 bits per heavy atom. The molecular weight excluding hydrogens is 689 g/mol. The number of hydrogen-bond donors (Lipinski definition) is 0. The quantitative estimate of drug-likeness (QED) is 0.176. The maximum absolute atomic E-state index is 5.37. The molecule has 57 heavy (non-hydrogen) atoms. The highest BCUT2D eigenvalue weighted by molar-refractivity contribution is 6.06. The average molecular weight is 727 g/mol. The van der Waals surface area contributed by atoms with Crippen molar-refractivity contribution < 1.29 is 0 Å². The zero-order valence-corrected chi connectivity index (χ0v) is 31.9. The Hall–Kier alpha value is -7.16. The van der Waals surface area contributed by atoms with Gasteiger partial charge in [-0.15, -0.1) is 0 Å². The lowest BCUT2D eigenvalue weighted by Gasteiger charge is -2.21. The molecule has 10 aromatic rings. The Morgan fingerprint density at radius 2 is 0.912 bits per heavy atom. The van der Waals surface area contributed by atoms with Gasteiger partial charge in [0, 0.05) is 22.1 Å². The zero-order valence-electron chi connectivity index (χ0n) is 31.9. The van der Waals surface area contributed by atoms with Crippen LogP contribution in [0.5, 0.6) is 0 Å². The van der Waals surface area contributed by atoms with E-state index in [1.54, 1.807) is 0 Å². The summed E-state index contributed by atoms with van der Waals surface area (Å²) < 4.78 is 0.